The highest BCUT2D eigenvalue weighted by molar-refractivity contribution is 6.32. The van der Waals surface area contributed by atoms with Crippen molar-refractivity contribution in [3.05, 3.63) is 167 Å². The van der Waals surface area contributed by atoms with E-state index < -0.39 is 40.9 Å². The Bertz CT molecular complexity index is 2930. The lowest BCUT2D eigenvalue weighted by atomic mass is 9.49. The van der Waals surface area contributed by atoms with Gasteiger partial charge in [-0.05, 0) is 95.9 Å². The fourth-order valence-corrected chi connectivity index (χ4v) is 10.8. The standard InChI is InChI=1S/C49H34ClN3O6/c50-29-11-8-12-31(25-29)53-46(56)38-26-37-35(43(49(38,48(53)58)28-9-2-1-3-10-28)34-23-24-40(54)33-14-5-4-13-32(33)34)21-22-36-42(37)47(57)52(45(36)55)30-19-17-27(18-20-30)44-51-39-15-6-7-16-41(39)59-44/h1-21,23-25,36-38,42-43,54H,22,26H2. The van der Waals surface area contributed by atoms with Gasteiger partial charge in [0.15, 0.2) is 5.58 Å². The number of benzene rings is 6. The number of fused-ring (bicyclic) bond motifs is 6. The van der Waals surface area contributed by atoms with Gasteiger partial charge in [-0.1, -0.05) is 102 Å². The van der Waals surface area contributed by atoms with Crippen LogP contribution in [-0.2, 0) is 24.6 Å². The highest BCUT2D eigenvalue weighted by atomic mass is 35.5. The molecule has 4 amide bonds. The smallest absolute Gasteiger partial charge is 0.246 e. The SMILES string of the molecule is O=C1C2CC=C3C(CC4C(=O)N(c5cccc(Cl)c5)C(=O)C4(c4ccccc4)C3c3ccc(O)c4ccccc34)C2C(=O)N1c1ccc(-c2nc3ccccc3o2)cc1. The van der Waals surface area contributed by atoms with E-state index in [1.165, 1.54) is 9.80 Å². The molecule has 9 nitrogen and oxygen atoms in total. The summed E-state index contributed by atoms with van der Waals surface area (Å²) in [5, 5.41) is 12.8. The third-order valence-corrected chi connectivity index (χ3v) is 13.3. The highest BCUT2D eigenvalue weighted by Crippen LogP contribution is 2.65. The van der Waals surface area contributed by atoms with E-state index in [1.807, 2.05) is 91.0 Å². The van der Waals surface area contributed by atoms with Crippen molar-refractivity contribution in [1.82, 2.24) is 4.98 Å². The molecule has 1 saturated carbocycles. The predicted octanol–water partition coefficient (Wildman–Crippen LogP) is 9.37. The molecule has 2 aliphatic heterocycles. The minimum Gasteiger partial charge on any atom is -0.507 e. The van der Waals surface area contributed by atoms with Gasteiger partial charge in [0.05, 0.1) is 34.5 Å². The van der Waals surface area contributed by atoms with E-state index in [2.05, 4.69) is 4.98 Å². The number of allylic oxidation sites excluding steroid dienone is 2. The summed E-state index contributed by atoms with van der Waals surface area (Å²) in [7, 11) is 0. The lowest BCUT2D eigenvalue weighted by Crippen LogP contribution is -2.53. The van der Waals surface area contributed by atoms with Crippen molar-refractivity contribution in [3.8, 4) is 17.2 Å². The number of hydrogen-bond donors (Lipinski definition) is 1. The Labute approximate surface area is 343 Å². The third-order valence-electron chi connectivity index (χ3n) is 13.1. The van der Waals surface area contributed by atoms with E-state index in [4.69, 9.17) is 16.0 Å². The number of phenolic OH excluding ortho intramolecular Hbond substituents is 1. The molecule has 3 fully saturated rings. The highest BCUT2D eigenvalue weighted by Gasteiger charge is 2.70. The number of anilines is 2. The fraction of sp³-hybridized carbons (Fsp3) is 0.163. The molecule has 0 bridgehead atoms. The minimum atomic E-state index is -1.44. The zero-order valence-corrected chi connectivity index (χ0v) is 32.1. The first kappa shape index (κ1) is 35.3. The Balaban J connectivity index is 1.07. The molecule has 11 rings (SSSR count). The van der Waals surface area contributed by atoms with Crippen LogP contribution in [0, 0.1) is 23.7 Å². The normalized spacial score (nSPS) is 25.0. The average molecular weight is 796 g/mol. The third kappa shape index (κ3) is 5.01. The summed E-state index contributed by atoms with van der Waals surface area (Å²) in [4.78, 5) is 67.3. The zero-order chi connectivity index (χ0) is 40.2. The van der Waals surface area contributed by atoms with Crippen molar-refractivity contribution < 1.29 is 28.7 Å². The molecule has 6 unspecified atom stereocenters. The van der Waals surface area contributed by atoms with Crippen LogP contribution in [0.1, 0.15) is 29.9 Å². The number of nitrogens with zero attached hydrogens (tertiary/aromatic N) is 3. The van der Waals surface area contributed by atoms with E-state index in [-0.39, 0.29) is 36.3 Å². The van der Waals surface area contributed by atoms with Crippen LogP contribution in [0.3, 0.4) is 0 Å². The number of para-hydroxylation sites is 2. The van der Waals surface area contributed by atoms with E-state index in [1.54, 1.807) is 54.6 Å². The van der Waals surface area contributed by atoms with Crippen LogP contribution in [0.25, 0.3) is 33.3 Å². The van der Waals surface area contributed by atoms with Crippen molar-refractivity contribution in [2.45, 2.75) is 24.2 Å². The monoisotopic (exact) mass is 795 g/mol. The molecule has 288 valence electrons. The Morgan fingerprint density at radius 2 is 1.44 bits per heavy atom. The molecular formula is C49H34ClN3O6. The molecule has 3 heterocycles. The second-order valence-electron chi connectivity index (χ2n) is 15.9. The summed E-state index contributed by atoms with van der Waals surface area (Å²) < 4.78 is 5.97. The molecule has 2 aliphatic carbocycles. The quantitative estimate of drug-likeness (QED) is 0.136. The predicted molar refractivity (Wildman–Crippen MR) is 224 cm³/mol. The number of aromatic nitrogens is 1. The van der Waals surface area contributed by atoms with Crippen LogP contribution in [-0.4, -0.2) is 33.7 Å². The van der Waals surface area contributed by atoms with E-state index >= 15 is 9.59 Å². The number of carbonyl (C=O) groups is 4. The molecule has 7 aromatic rings. The van der Waals surface area contributed by atoms with Gasteiger partial charge in [-0.2, -0.15) is 0 Å². The second kappa shape index (κ2) is 13.1. The van der Waals surface area contributed by atoms with E-state index in [9.17, 15) is 14.7 Å². The maximum atomic E-state index is 15.7. The van der Waals surface area contributed by atoms with Crippen molar-refractivity contribution in [2.75, 3.05) is 9.80 Å². The molecule has 6 aromatic carbocycles. The maximum absolute atomic E-state index is 15.7. The Morgan fingerprint density at radius 1 is 0.695 bits per heavy atom. The number of carbonyl (C=O) groups excluding carboxylic acids is 4. The number of aromatic hydroxyl groups is 1. The summed E-state index contributed by atoms with van der Waals surface area (Å²) in [6.45, 7) is 0. The molecule has 1 N–H and O–H groups in total. The van der Waals surface area contributed by atoms with Crippen LogP contribution >= 0.6 is 11.6 Å². The van der Waals surface area contributed by atoms with Gasteiger partial charge in [-0.25, -0.2) is 9.88 Å². The largest absolute Gasteiger partial charge is 0.507 e. The fourth-order valence-electron chi connectivity index (χ4n) is 10.6. The molecule has 1 aromatic heterocycles. The molecule has 6 atom stereocenters. The van der Waals surface area contributed by atoms with Crippen LogP contribution < -0.4 is 9.80 Å². The van der Waals surface area contributed by atoms with Crippen molar-refractivity contribution in [2.24, 2.45) is 23.7 Å². The summed E-state index contributed by atoms with van der Waals surface area (Å²) in [6.07, 6.45) is 2.49. The summed E-state index contributed by atoms with van der Waals surface area (Å²) in [6, 6.07) is 41.6. The number of hydrogen-bond acceptors (Lipinski definition) is 7. The van der Waals surface area contributed by atoms with Gasteiger partial charge in [0.25, 0.3) is 0 Å². The van der Waals surface area contributed by atoms with Gasteiger partial charge in [0.1, 0.15) is 11.3 Å². The Hall–Kier alpha value is -6.84. The molecule has 4 aliphatic rings. The molecule has 10 heteroatoms. The van der Waals surface area contributed by atoms with Gasteiger partial charge in [0, 0.05) is 21.9 Å². The molecule has 0 radical (unpaired) electrons. The van der Waals surface area contributed by atoms with Crippen LogP contribution in [0.4, 0.5) is 11.4 Å². The van der Waals surface area contributed by atoms with Gasteiger partial charge < -0.3 is 9.52 Å². The molecule has 59 heavy (non-hydrogen) atoms. The minimum absolute atomic E-state index is 0.0865. The lowest BCUT2D eigenvalue weighted by molar-refractivity contribution is -0.127. The average Bonchev–Trinajstić information content (AvgIpc) is 3.88. The zero-order valence-electron chi connectivity index (χ0n) is 31.4. The number of imide groups is 2. The van der Waals surface area contributed by atoms with Gasteiger partial charge in [-0.3, -0.25) is 24.1 Å². The first-order chi connectivity index (χ1) is 28.8. The van der Waals surface area contributed by atoms with E-state index in [0.29, 0.717) is 44.4 Å². The molecular weight excluding hydrogens is 762 g/mol. The number of phenols is 1. The molecule has 0 spiro atoms. The Kier molecular flexibility index (Phi) is 7.84. The summed E-state index contributed by atoms with van der Waals surface area (Å²) in [5.74, 6) is -4.55. The first-order valence-electron chi connectivity index (χ1n) is 19.7. The number of rotatable bonds is 5. The van der Waals surface area contributed by atoms with Crippen LogP contribution in [0.15, 0.2) is 156 Å². The summed E-state index contributed by atoms with van der Waals surface area (Å²) in [5.41, 5.74) is 3.70. The lowest BCUT2D eigenvalue weighted by Gasteiger charge is -2.51. The van der Waals surface area contributed by atoms with Gasteiger partial charge in [0.2, 0.25) is 29.5 Å². The topological polar surface area (TPSA) is 121 Å². The van der Waals surface area contributed by atoms with Crippen molar-refractivity contribution in [1.29, 1.82) is 0 Å². The number of halogens is 1. The molecule has 2 saturated heterocycles. The second-order valence-corrected chi connectivity index (χ2v) is 16.3. The van der Waals surface area contributed by atoms with E-state index in [0.717, 1.165) is 22.0 Å². The van der Waals surface area contributed by atoms with Gasteiger partial charge in [-0.15, -0.1) is 0 Å². The number of amides is 4. The van der Waals surface area contributed by atoms with Crippen molar-refractivity contribution in [3.63, 3.8) is 0 Å². The maximum Gasteiger partial charge on any atom is 0.246 e. The summed E-state index contributed by atoms with van der Waals surface area (Å²) >= 11 is 6.47. The number of oxazole rings is 1. The van der Waals surface area contributed by atoms with Gasteiger partial charge >= 0.3 is 0 Å². The van der Waals surface area contributed by atoms with Crippen molar-refractivity contribution >= 4 is 68.5 Å². The Morgan fingerprint density at radius 3 is 2.22 bits per heavy atom. The van der Waals surface area contributed by atoms with Crippen LogP contribution in [0.5, 0.6) is 5.75 Å². The first-order valence-corrected chi connectivity index (χ1v) is 20.1. The van der Waals surface area contributed by atoms with Crippen LogP contribution in [0.2, 0.25) is 5.02 Å².